The van der Waals surface area contributed by atoms with Crippen LogP contribution in [0, 0.1) is 11.8 Å². The molecule has 20 heavy (non-hydrogen) atoms. The Kier molecular flexibility index (Phi) is 4.59. The van der Waals surface area contributed by atoms with E-state index >= 15 is 0 Å². The van der Waals surface area contributed by atoms with Crippen molar-refractivity contribution < 1.29 is 19.5 Å². The summed E-state index contributed by atoms with van der Waals surface area (Å²) in [7, 11) is 0. The third kappa shape index (κ3) is 3.69. The van der Waals surface area contributed by atoms with Crippen molar-refractivity contribution in [2.75, 3.05) is 19.6 Å². The quantitative estimate of drug-likeness (QED) is 0.575. The minimum absolute atomic E-state index is 0.152. The van der Waals surface area contributed by atoms with E-state index in [1.807, 2.05) is 0 Å². The molecule has 0 aromatic heterocycles. The van der Waals surface area contributed by atoms with E-state index in [1.165, 1.54) is 0 Å². The Morgan fingerprint density at radius 3 is 2.55 bits per heavy atom. The first kappa shape index (κ1) is 14.8. The van der Waals surface area contributed by atoms with Crippen molar-refractivity contribution in [3.8, 4) is 0 Å². The Morgan fingerprint density at radius 2 is 1.95 bits per heavy atom. The molecule has 0 radical (unpaired) electrons. The molecule has 2 aliphatic rings. The summed E-state index contributed by atoms with van der Waals surface area (Å²) < 4.78 is 0. The van der Waals surface area contributed by atoms with E-state index in [-0.39, 0.29) is 30.2 Å². The van der Waals surface area contributed by atoms with E-state index < -0.39 is 12.0 Å². The number of amides is 3. The second-order valence-corrected chi connectivity index (χ2v) is 5.56. The van der Waals surface area contributed by atoms with Gasteiger partial charge >= 0.3 is 0 Å². The Bertz CT molecular complexity index is 408. The predicted molar refractivity (Wildman–Crippen MR) is 70.2 cm³/mol. The van der Waals surface area contributed by atoms with E-state index in [0.29, 0.717) is 19.5 Å². The molecule has 1 saturated carbocycles. The van der Waals surface area contributed by atoms with Crippen molar-refractivity contribution in [1.29, 1.82) is 0 Å². The van der Waals surface area contributed by atoms with Gasteiger partial charge in [0, 0.05) is 19.0 Å². The minimum Gasteiger partial charge on any atom is -0.381 e. The van der Waals surface area contributed by atoms with Gasteiger partial charge in [-0.2, -0.15) is 0 Å². The van der Waals surface area contributed by atoms with Gasteiger partial charge in [0.15, 0.2) is 0 Å². The lowest BCUT2D eigenvalue weighted by atomic mass is 9.96. The summed E-state index contributed by atoms with van der Waals surface area (Å²) >= 11 is 0. The second-order valence-electron chi connectivity index (χ2n) is 5.56. The van der Waals surface area contributed by atoms with Crippen molar-refractivity contribution in [1.82, 2.24) is 10.2 Å². The number of piperidine rings is 1. The van der Waals surface area contributed by atoms with Crippen molar-refractivity contribution in [2.45, 2.75) is 31.8 Å². The van der Waals surface area contributed by atoms with Crippen LogP contribution in [0.2, 0.25) is 0 Å². The second kappa shape index (κ2) is 6.21. The van der Waals surface area contributed by atoms with Gasteiger partial charge in [0.2, 0.25) is 17.7 Å². The van der Waals surface area contributed by atoms with Gasteiger partial charge in [-0.1, -0.05) is 0 Å². The Balaban J connectivity index is 1.80. The van der Waals surface area contributed by atoms with Gasteiger partial charge in [-0.05, 0) is 25.7 Å². The standard InChI is InChI=1S/C13H21N3O4/c14-11(18)10(17)6-15-12(19)9-2-1-5-16(7-9)13(20)8-3-4-8/h8-10,17H,1-7H2,(H2,14,18)(H,15,19). The normalized spacial score (nSPS) is 24.1. The lowest BCUT2D eigenvalue weighted by Gasteiger charge is -2.32. The van der Waals surface area contributed by atoms with Crippen LogP contribution in [-0.2, 0) is 14.4 Å². The van der Waals surface area contributed by atoms with Crippen LogP contribution in [0.25, 0.3) is 0 Å². The molecule has 2 unspecified atom stereocenters. The third-order valence-electron chi connectivity index (χ3n) is 3.83. The molecule has 1 heterocycles. The number of hydrogen-bond acceptors (Lipinski definition) is 4. The number of nitrogens with one attached hydrogen (secondary N) is 1. The minimum atomic E-state index is -1.37. The van der Waals surface area contributed by atoms with Crippen molar-refractivity contribution in [3.63, 3.8) is 0 Å². The molecule has 2 rings (SSSR count). The molecule has 2 fully saturated rings. The first-order valence-electron chi connectivity index (χ1n) is 7.03. The summed E-state index contributed by atoms with van der Waals surface area (Å²) in [5, 5.41) is 11.8. The highest BCUT2D eigenvalue weighted by atomic mass is 16.3. The smallest absolute Gasteiger partial charge is 0.248 e. The Hall–Kier alpha value is -1.63. The fourth-order valence-corrected chi connectivity index (χ4v) is 2.42. The molecule has 7 heteroatoms. The molecule has 112 valence electrons. The summed E-state index contributed by atoms with van der Waals surface area (Å²) in [5.74, 6) is -1.06. The van der Waals surface area contributed by atoms with Gasteiger partial charge in [-0.3, -0.25) is 14.4 Å². The van der Waals surface area contributed by atoms with E-state index in [4.69, 9.17) is 5.73 Å². The lowest BCUT2D eigenvalue weighted by Crippen LogP contribution is -2.48. The topological polar surface area (TPSA) is 113 Å². The number of hydrogen-bond donors (Lipinski definition) is 3. The van der Waals surface area contributed by atoms with Gasteiger partial charge in [-0.15, -0.1) is 0 Å². The number of aliphatic hydroxyl groups is 1. The van der Waals surface area contributed by atoms with Crippen LogP contribution in [0.15, 0.2) is 0 Å². The molecule has 0 aromatic rings. The number of nitrogens with two attached hydrogens (primary N) is 1. The highest BCUT2D eigenvalue weighted by Crippen LogP contribution is 2.32. The van der Waals surface area contributed by atoms with Gasteiger partial charge in [0.25, 0.3) is 0 Å². The molecule has 0 aromatic carbocycles. The first-order chi connectivity index (χ1) is 9.49. The number of nitrogens with zero attached hydrogens (tertiary/aromatic N) is 1. The molecule has 0 bridgehead atoms. The van der Waals surface area contributed by atoms with E-state index in [0.717, 1.165) is 19.3 Å². The molecule has 7 nitrogen and oxygen atoms in total. The largest absolute Gasteiger partial charge is 0.381 e. The number of carbonyl (C=O) groups excluding carboxylic acids is 3. The van der Waals surface area contributed by atoms with Crippen molar-refractivity contribution in [3.05, 3.63) is 0 Å². The molecular weight excluding hydrogens is 262 g/mol. The molecule has 1 aliphatic carbocycles. The van der Waals surface area contributed by atoms with Crippen molar-refractivity contribution >= 4 is 17.7 Å². The average Bonchev–Trinajstić information content (AvgIpc) is 3.28. The SMILES string of the molecule is NC(=O)C(O)CNC(=O)C1CCCN(C(=O)C2CC2)C1. The van der Waals surface area contributed by atoms with Gasteiger partial charge < -0.3 is 21.1 Å². The summed E-state index contributed by atoms with van der Waals surface area (Å²) in [6, 6.07) is 0. The van der Waals surface area contributed by atoms with Crippen LogP contribution in [0.1, 0.15) is 25.7 Å². The number of carbonyl (C=O) groups is 3. The average molecular weight is 283 g/mol. The highest BCUT2D eigenvalue weighted by molar-refractivity contribution is 5.84. The van der Waals surface area contributed by atoms with Crippen LogP contribution >= 0.6 is 0 Å². The molecule has 1 aliphatic heterocycles. The molecule has 2 atom stereocenters. The fourth-order valence-electron chi connectivity index (χ4n) is 2.42. The maximum absolute atomic E-state index is 12.0. The zero-order chi connectivity index (χ0) is 14.7. The van der Waals surface area contributed by atoms with Gasteiger partial charge in [0.05, 0.1) is 12.5 Å². The summed E-state index contributed by atoms with van der Waals surface area (Å²) in [6.45, 7) is 0.956. The molecule has 0 spiro atoms. The van der Waals surface area contributed by atoms with Crippen LogP contribution in [0.3, 0.4) is 0 Å². The Morgan fingerprint density at radius 1 is 1.25 bits per heavy atom. The number of likely N-dealkylation sites (tertiary alicyclic amines) is 1. The van der Waals surface area contributed by atoms with Crippen LogP contribution in [-0.4, -0.2) is 53.5 Å². The zero-order valence-corrected chi connectivity index (χ0v) is 11.4. The van der Waals surface area contributed by atoms with Crippen LogP contribution < -0.4 is 11.1 Å². The Labute approximate surface area is 117 Å². The van der Waals surface area contributed by atoms with E-state index in [2.05, 4.69) is 5.32 Å². The first-order valence-corrected chi connectivity index (χ1v) is 7.03. The lowest BCUT2D eigenvalue weighted by molar-refractivity contribution is -0.136. The summed E-state index contributed by atoms with van der Waals surface area (Å²) in [4.78, 5) is 36.4. The molecule has 4 N–H and O–H groups in total. The zero-order valence-electron chi connectivity index (χ0n) is 11.4. The van der Waals surface area contributed by atoms with Crippen LogP contribution in [0.5, 0.6) is 0 Å². The number of rotatable bonds is 5. The summed E-state index contributed by atoms with van der Waals surface area (Å²) in [6.07, 6.45) is 2.06. The van der Waals surface area contributed by atoms with Crippen LogP contribution in [0.4, 0.5) is 0 Å². The van der Waals surface area contributed by atoms with Gasteiger partial charge in [0.1, 0.15) is 6.10 Å². The number of aliphatic hydroxyl groups excluding tert-OH is 1. The maximum Gasteiger partial charge on any atom is 0.248 e. The summed E-state index contributed by atoms with van der Waals surface area (Å²) in [5.41, 5.74) is 4.91. The highest BCUT2D eigenvalue weighted by Gasteiger charge is 2.36. The fraction of sp³-hybridized carbons (Fsp3) is 0.769. The monoisotopic (exact) mass is 283 g/mol. The van der Waals surface area contributed by atoms with Crippen molar-refractivity contribution in [2.24, 2.45) is 17.6 Å². The van der Waals surface area contributed by atoms with E-state index in [9.17, 15) is 19.5 Å². The maximum atomic E-state index is 12.0. The predicted octanol–water partition coefficient (Wildman–Crippen LogP) is -1.40. The molecular formula is C13H21N3O4. The number of primary amides is 1. The third-order valence-corrected chi connectivity index (χ3v) is 3.83. The van der Waals surface area contributed by atoms with Gasteiger partial charge in [-0.25, -0.2) is 0 Å². The molecule has 1 saturated heterocycles. The molecule has 3 amide bonds. The van der Waals surface area contributed by atoms with E-state index in [1.54, 1.807) is 4.90 Å².